The number of amides is 1. The van der Waals surface area contributed by atoms with Gasteiger partial charge in [-0.15, -0.1) is 0 Å². The number of hydrogen-bond donors (Lipinski definition) is 1. The Bertz CT molecular complexity index is 916. The minimum absolute atomic E-state index is 0.00673. The van der Waals surface area contributed by atoms with Crippen LogP contribution in [0.1, 0.15) is 5.56 Å². The molecular formula is C16H8Cl3N3O3. The molecule has 25 heavy (non-hydrogen) atoms. The predicted octanol–water partition coefficient (Wildman–Crippen LogP) is 5.10. The van der Waals surface area contributed by atoms with Gasteiger partial charge in [0.1, 0.15) is 11.6 Å². The molecule has 2 aromatic rings. The molecule has 0 heterocycles. The fourth-order valence-corrected chi connectivity index (χ4v) is 2.53. The Morgan fingerprint density at radius 2 is 1.80 bits per heavy atom. The molecule has 0 radical (unpaired) electrons. The van der Waals surface area contributed by atoms with E-state index in [1.54, 1.807) is 24.3 Å². The van der Waals surface area contributed by atoms with Crippen LogP contribution >= 0.6 is 34.8 Å². The highest BCUT2D eigenvalue weighted by Crippen LogP contribution is 2.29. The van der Waals surface area contributed by atoms with Crippen molar-refractivity contribution in [3.63, 3.8) is 0 Å². The highest BCUT2D eigenvalue weighted by molar-refractivity contribution is 6.37. The maximum atomic E-state index is 12.3. The van der Waals surface area contributed by atoms with Crippen LogP contribution in [0.25, 0.3) is 6.08 Å². The molecule has 2 rings (SSSR count). The number of nitro benzene ring substituents is 1. The third-order valence-corrected chi connectivity index (χ3v) is 4.05. The summed E-state index contributed by atoms with van der Waals surface area (Å²) in [7, 11) is 0. The van der Waals surface area contributed by atoms with Crippen molar-refractivity contribution in [1.82, 2.24) is 0 Å². The molecule has 9 heteroatoms. The number of hydrogen-bond acceptors (Lipinski definition) is 4. The van der Waals surface area contributed by atoms with Crippen LogP contribution in [0, 0.1) is 21.4 Å². The number of non-ortho nitro benzene ring substituents is 1. The lowest BCUT2D eigenvalue weighted by molar-refractivity contribution is -0.384. The maximum absolute atomic E-state index is 12.3. The average Bonchev–Trinajstić information content (AvgIpc) is 2.56. The number of benzene rings is 2. The molecule has 2 aromatic carbocycles. The number of carbonyl (C=O) groups is 1. The van der Waals surface area contributed by atoms with E-state index in [0.29, 0.717) is 5.56 Å². The summed E-state index contributed by atoms with van der Waals surface area (Å²) in [4.78, 5) is 22.5. The van der Waals surface area contributed by atoms with Gasteiger partial charge in [-0.05, 0) is 24.3 Å². The molecule has 0 atom stereocenters. The number of nitriles is 1. The van der Waals surface area contributed by atoms with E-state index in [9.17, 15) is 20.2 Å². The predicted molar refractivity (Wildman–Crippen MR) is 96.8 cm³/mol. The van der Waals surface area contributed by atoms with E-state index in [1.807, 2.05) is 0 Å². The smallest absolute Gasteiger partial charge is 0.271 e. The second kappa shape index (κ2) is 7.99. The summed E-state index contributed by atoms with van der Waals surface area (Å²) < 4.78 is 0. The molecule has 1 N–H and O–H groups in total. The first-order valence-corrected chi connectivity index (χ1v) is 7.78. The average molecular weight is 397 g/mol. The highest BCUT2D eigenvalue weighted by atomic mass is 35.5. The van der Waals surface area contributed by atoms with E-state index in [2.05, 4.69) is 5.32 Å². The van der Waals surface area contributed by atoms with Gasteiger partial charge in [-0.1, -0.05) is 40.9 Å². The van der Waals surface area contributed by atoms with Crippen molar-refractivity contribution in [3.8, 4) is 6.07 Å². The third kappa shape index (κ3) is 4.48. The summed E-state index contributed by atoms with van der Waals surface area (Å²) in [5.74, 6) is -0.805. The molecule has 0 saturated carbocycles. The van der Waals surface area contributed by atoms with Crippen molar-refractivity contribution in [3.05, 3.63) is 72.7 Å². The Morgan fingerprint density at radius 3 is 2.36 bits per heavy atom. The largest absolute Gasteiger partial charge is 0.320 e. The summed E-state index contributed by atoms with van der Waals surface area (Å²) in [6.07, 6.45) is 1.23. The van der Waals surface area contributed by atoms with Gasteiger partial charge in [0.2, 0.25) is 0 Å². The van der Waals surface area contributed by atoms with E-state index >= 15 is 0 Å². The second-order valence-corrected chi connectivity index (χ2v) is 5.90. The van der Waals surface area contributed by atoms with Crippen molar-refractivity contribution in [2.75, 3.05) is 5.32 Å². The van der Waals surface area contributed by atoms with Gasteiger partial charge in [0.05, 0.1) is 15.6 Å². The van der Waals surface area contributed by atoms with Crippen molar-refractivity contribution >= 4 is 58.2 Å². The topological polar surface area (TPSA) is 96.0 Å². The fraction of sp³-hybridized carbons (Fsp3) is 0. The third-order valence-electron chi connectivity index (χ3n) is 3.06. The van der Waals surface area contributed by atoms with Crippen LogP contribution in [0.5, 0.6) is 0 Å². The van der Waals surface area contributed by atoms with Gasteiger partial charge in [-0.2, -0.15) is 5.26 Å². The molecule has 6 nitrogen and oxygen atoms in total. The van der Waals surface area contributed by atoms with E-state index in [4.69, 9.17) is 34.8 Å². The number of nitrogens with one attached hydrogen (secondary N) is 1. The van der Waals surface area contributed by atoms with E-state index < -0.39 is 10.8 Å². The fourth-order valence-electron chi connectivity index (χ4n) is 1.85. The molecule has 0 spiro atoms. The number of nitrogens with zero attached hydrogens (tertiary/aromatic N) is 2. The standard InChI is InChI=1S/C16H8Cl3N3O3/c17-12-2-1-3-13(18)11(12)6-9(8-20)16(23)21-15-7-10(22(24)25)4-5-14(15)19/h1-7H,(H,21,23)/b9-6+. The van der Waals surface area contributed by atoms with E-state index in [0.717, 1.165) is 6.07 Å². The van der Waals surface area contributed by atoms with Gasteiger partial charge >= 0.3 is 0 Å². The monoisotopic (exact) mass is 395 g/mol. The zero-order valence-electron chi connectivity index (χ0n) is 12.3. The molecule has 1 amide bonds. The zero-order chi connectivity index (χ0) is 18.6. The summed E-state index contributed by atoms with van der Waals surface area (Å²) >= 11 is 17.9. The molecule has 0 unspecified atom stereocenters. The van der Waals surface area contributed by atoms with Crippen molar-refractivity contribution < 1.29 is 9.72 Å². The zero-order valence-corrected chi connectivity index (χ0v) is 14.6. The van der Waals surface area contributed by atoms with Crippen molar-refractivity contribution in [2.24, 2.45) is 0 Å². The van der Waals surface area contributed by atoms with Gasteiger partial charge in [0.15, 0.2) is 0 Å². The minimum Gasteiger partial charge on any atom is -0.320 e. The molecule has 0 aliphatic heterocycles. The summed E-state index contributed by atoms with van der Waals surface area (Å²) in [5.41, 5.74) is -0.233. The Labute approximate surface area is 157 Å². The van der Waals surface area contributed by atoms with Crippen molar-refractivity contribution in [1.29, 1.82) is 5.26 Å². The van der Waals surface area contributed by atoms with Crippen LogP contribution < -0.4 is 5.32 Å². The van der Waals surface area contributed by atoms with Gasteiger partial charge in [-0.25, -0.2) is 0 Å². The molecule has 0 aliphatic rings. The molecule has 0 saturated heterocycles. The van der Waals surface area contributed by atoms with Crippen LogP contribution in [0.3, 0.4) is 0 Å². The van der Waals surface area contributed by atoms with E-state index in [1.165, 1.54) is 18.2 Å². The Kier molecular flexibility index (Phi) is 5.99. The van der Waals surface area contributed by atoms with Crippen LogP contribution in [-0.2, 0) is 4.79 Å². The second-order valence-electron chi connectivity index (χ2n) is 4.68. The van der Waals surface area contributed by atoms with Crippen LogP contribution in [0.4, 0.5) is 11.4 Å². The lowest BCUT2D eigenvalue weighted by Gasteiger charge is -2.07. The van der Waals surface area contributed by atoms with Crippen LogP contribution in [-0.4, -0.2) is 10.8 Å². The number of nitro groups is 1. The van der Waals surface area contributed by atoms with Crippen LogP contribution in [0.15, 0.2) is 42.0 Å². The summed E-state index contributed by atoms with van der Waals surface area (Å²) in [6, 6.07) is 10.0. The Morgan fingerprint density at radius 1 is 1.16 bits per heavy atom. The van der Waals surface area contributed by atoms with Crippen molar-refractivity contribution in [2.45, 2.75) is 0 Å². The van der Waals surface area contributed by atoms with Gasteiger partial charge in [0, 0.05) is 27.7 Å². The quantitative estimate of drug-likeness (QED) is 0.336. The molecule has 0 fully saturated rings. The minimum atomic E-state index is -0.805. The normalized spacial score (nSPS) is 10.9. The lowest BCUT2D eigenvalue weighted by atomic mass is 10.1. The Balaban J connectivity index is 2.36. The first-order chi connectivity index (χ1) is 11.8. The molecule has 0 bridgehead atoms. The molecular weight excluding hydrogens is 389 g/mol. The summed E-state index contributed by atoms with van der Waals surface area (Å²) in [6.45, 7) is 0. The van der Waals surface area contributed by atoms with Gasteiger partial charge in [-0.3, -0.25) is 14.9 Å². The SMILES string of the molecule is N#C/C(=C\c1c(Cl)cccc1Cl)C(=O)Nc1cc([N+](=O)[O-])ccc1Cl. The number of rotatable bonds is 4. The molecule has 0 aliphatic carbocycles. The number of halogens is 3. The highest BCUT2D eigenvalue weighted by Gasteiger charge is 2.16. The summed E-state index contributed by atoms with van der Waals surface area (Å²) in [5, 5.41) is 23.0. The Hall–Kier alpha value is -2.59. The molecule has 126 valence electrons. The van der Waals surface area contributed by atoms with Crippen LogP contribution in [0.2, 0.25) is 15.1 Å². The maximum Gasteiger partial charge on any atom is 0.271 e. The van der Waals surface area contributed by atoms with E-state index in [-0.39, 0.29) is 32.0 Å². The number of anilines is 1. The van der Waals surface area contributed by atoms with Gasteiger partial charge in [0.25, 0.3) is 11.6 Å². The van der Waals surface area contributed by atoms with Gasteiger partial charge < -0.3 is 5.32 Å². The first kappa shape index (κ1) is 18.7. The number of carbonyl (C=O) groups excluding carboxylic acids is 1. The first-order valence-electron chi connectivity index (χ1n) is 6.64. The molecule has 0 aromatic heterocycles. The lowest BCUT2D eigenvalue weighted by Crippen LogP contribution is -2.14.